The topological polar surface area (TPSA) is 104 Å². The van der Waals surface area contributed by atoms with Crippen LogP contribution >= 0.6 is 15.4 Å². The molecule has 1 radical (unpaired) electrons. The fourth-order valence-electron chi connectivity index (χ4n) is 0.224. The SMILES string of the molecule is CCP(=O)(O)OP(=O)(O)O.[Na]. The third-order valence-corrected chi connectivity index (χ3v) is 3.30. The van der Waals surface area contributed by atoms with Gasteiger partial charge in [-0.1, -0.05) is 6.92 Å². The molecule has 0 aromatic heterocycles. The third kappa shape index (κ3) is 9.21. The van der Waals surface area contributed by atoms with Gasteiger partial charge in [-0.05, 0) is 0 Å². The minimum absolute atomic E-state index is 0. The molecule has 0 aliphatic heterocycles. The van der Waals surface area contributed by atoms with Crippen LogP contribution in [0, 0.1) is 0 Å². The van der Waals surface area contributed by atoms with Crippen LogP contribution in [0.3, 0.4) is 0 Å². The summed E-state index contributed by atoms with van der Waals surface area (Å²) in [6.07, 6.45) is -0.321. The third-order valence-electron chi connectivity index (χ3n) is 0.634. The van der Waals surface area contributed by atoms with Gasteiger partial charge in [0.25, 0.3) is 0 Å². The van der Waals surface area contributed by atoms with Gasteiger partial charge in [-0.3, -0.25) is 4.57 Å². The van der Waals surface area contributed by atoms with Crippen LogP contribution in [0.4, 0.5) is 0 Å². The standard InChI is InChI=1S/C2H8O6P2.Na/c1-2-9(3,4)8-10(5,6)7;/h2H2,1H3,(H,3,4)(H2,5,6,7);. The molecule has 11 heavy (non-hydrogen) atoms. The van der Waals surface area contributed by atoms with Crippen LogP contribution in [-0.4, -0.2) is 50.4 Å². The monoisotopic (exact) mass is 213 g/mol. The Bertz CT molecular complexity index is 197. The summed E-state index contributed by atoms with van der Waals surface area (Å²) in [7, 11) is -8.87. The average molecular weight is 213 g/mol. The van der Waals surface area contributed by atoms with Crippen molar-refractivity contribution in [1.29, 1.82) is 0 Å². The minimum atomic E-state index is -4.82. The summed E-state index contributed by atoms with van der Waals surface area (Å²) in [4.78, 5) is 24.6. The Kier molecular flexibility index (Phi) is 6.89. The van der Waals surface area contributed by atoms with Gasteiger partial charge in [-0.25, -0.2) is 8.88 Å². The largest absolute Gasteiger partial charge is 0.476 e. The second-order valence-electron chi connectivity index (χ2n) is 1.53. The van der Waals surface area contributed by atoms with E-state index in [1.54, 1.807) is 0 Å². The average Bonchev–Trinajstić information content (AvgIpc) is 1.60. The molecule has 0 rings (SSSR count). The van der Waals surface area contributed by atoms with E-state index in [9.17, 15) is 9.13 Å². The molecule has 0 aromatic carbocycles. The van der Waals surface area contributed by atoms with Crippen LogP contribution in [-0.2, 0) is 13.4 Å². The Morgan fingerprint density at radius 2 is 1.64 bits per heavy atom. The van der Waals surface area contributed by atoms with Crippen molar-refractivity contribution in [1.82, 2.24) is 0 Å². The van der Waals surface area contributed by atoms with Gasteiger partial charge in [0.05, 0.1) is 0 Å². The molecule has 0 aliphatic rings. The van der Waals surface area contributed by atoms with E-state index in [2.05, 4.69) is 4.31 Å². The molecule has 1 atom stereocenters. The quantitative estimate of drug-likeness (QED) is 0.447. The van der Waals surface area contributed by atoms with Crippen LogP contribution in [0.2, 0.25) is 0 Å². The first-order valence-corrected chi connectivity index (χ1v) is 5.65. The first-order valence-electron chi connectivity index (χ1n) is 2.35. The smallest absolute Gasteiger partial charge is 0.324 e. The summed E-state index contributed by atoms with van der Waals surface area (Å²) in [6.45, 7) is 1.29. The van der Waals surface area contributed by atoms with E-state index in [1.807, 2.05) is 0 Å². The first-order chi connectivity index (χ1) is 4.27. The van der Waals surface area contributed by atoms with Gasteiger partial charge in [0.1, 0.15) is 0 Å². The molecule has 6 nitrogen and oxygen atoms in total. The van der Waals surface area contributed by atoms with Crippen LogP contribution in [0.5, 0.6) is 0 Å². The molecule has 0 aliphatic carbocycles. The van der Waals surface area contributed by atoms with Crippen molar-refractivity contribution < 1.29 is 28.1 Å². The van der Waals surface area contributed by atoms with E-state index in [4.69, 9.17) is 14.7 Å². The van der Waals surface area contributed by atoms with E-state index < -0.39 is 15.4 Å². The van der Waals surface area contributed by atoms with Crippen molar-refractivity contribution >= 4 is 45.0 Å². The van der Waals surface area contributed by atoms with Gasteiger partial charge in [0, 0.05) is 35.7 Å². The van der Waals surface area contributed by atoms with Gasteiger partial charge in [0.15, 0.2) is 0 Å². The first kappa shape index (κ1) is 14.8. The van der Waals surface area contributed by atoms with E-state index in [0.717, 1.165) is 0 Å². The van der Waals surface area contributed by atoms with Gasteiger partial charge >= 0.3 is 15.4 Å². The van der Waals surface area contributed by atoms with E-state index >= 15 is 0 Å². The molecule has 9 heteroatoms. The van der Waals surface area contributed by atoms with Gasteiger partial charge in [-0.2, -0.15) is 0 Å². The van der Waals surface area contributed by atoms with Crippen molar-refractivity contribution in [3.63, 3.8) is 0 Å². The normalized spacial score (nSPS) is 16.7. The number of rotatable bonds is 3. The van der Waals surface area contributed by atoms with Crippen LogP contribution in [0.15, 0.2) is 0 Å². The fraction of sp³-hybridized carbons (Fsp3) is 1.00. The van der Waals surface area contributed by atoms with Crippen molar-refractivity contribution in [3.8, 4) is 0 Å². The van der Waals surface area contributed by atoms with Crippen molar-refractivity contribution in [3.05, 3.63) is 0 Å². The zero-order chi connectivity index (χ0) is 8.41. The Morgan fingerprint density at radius 3 is 1.73 bits per heavy atom. The van der Waals surface area contributed by atoms with E-state index in [0.29, 0.717) is 0 Å². The maximum absolute atomic E-state index is 10.4. The summed E-state index contributed by atoms with van der Waals surface area (Å²) >= 11 is 0. The molecule has 1 unspecified atom stereocenters. The van der Waals surface area contributed by atoms with Crippen LogP contribution < -0.4 is 0 Å². The maximum Gasteiger partial charge on any atom is 0.476 e. The molecule has 0 saturated carbocycles. The Labute approximate surface area is 86.0 Å². The molecule has 3 N–H and O–H groups in total. The molecular weight excluding hydrogens is 205 g/mol. The summed E-state index contributed by atoms with van der Waals surface area (Å²) in [6, 6.07) is 0. The van der Waals surface area contributed by atoms with Crippen molar-refractivity contribution in [2.45, 2.75) is 6.92 Å². The number of hydrogen-bond acceptors (Lipinski definition) is 3. The zero-order valence-corrected chi connectivity index (χ0v) is 9.96. The minimum Gasteiger partial charge on any atom is -0.324 e. The second kappa shape index (κ2) is 5.12. The number of hydrogen-bond donors (Lipinski definition) is 3. The predicted molar refractivity (Wildman–Crippen MR) is 39.2 cm³/mol. The van der Waals surface area contributed by atoms with Crippen molar-refractivity contribution in [2.24, 2.45) is 0 Å². The Balaban J connectivity index is 0. The molecule has 63 valence electrons. The zero-order valence-electron chi connectivity index (χ0n) is 6.17. The predicted octanol–water partition coefficient (Wildman–Crippen LogP) is -0.0798. The van der Waals surface area contributed by atoms with Gasteiger partial charge in [-0.15, -0.1) is 0 Å². The summed E-state index contributed by atoms with van der Waals surface area (Å²) in [5.41, 5.74) is 0. The molecular formula is C2H8NaO6P2. The Morgan fingerprint density at radius 1 is 1.27 bits per heavy atom. The van der Waals surface area contributed by atoms with E-state index in [-0.39, 0.29) is 35.7 Å². The van der Waals surface area contributed by atoms with Crippen LogP contribution in [0.25, 0.3) is 0 Å². The fourth-order valence-corrected chi connectivity index (χ4v) is 2.02. The molecule has 0 bridgehead atoms. The molecule has 0 amide bonds. The molecule has 0 spiro atoms. The Hall–Kier alpha value is 1.30. The molecule has 0 fully saturated rings. The summed E-state index contributed by atoms with van der Waals surface area (Å²) in [5, 5.41) is 0. The molecule has 0 heterocycles. The molecule has 0 saturated heterocycles. The maximum atomic E-state index is 10.4. The molecule has 0 aromatic rings. The number of phosphoric acid groups is 1. The second-order valence-corrected chi connectivity index (χ2v) is 5.07. The summed E-state index contributed by atoms with van der Waals surface area (Å²) in [5.74, 6) is 0. The van der Waals surface area contributed by atoms with Gasteiger partial charge in [0.2, 0.25) is 0 Å². The van der Waals surface area contributed by atoms with Crippen molar-refractivity contribution in [2.75, 3.05) is 6.16 Å². The van der Waals surface area contributed by atoms with E-state index in [1.165, 1.54) is 6.92 Å². The summed E-state index contributed by atoms with van der Waals surface area (Å²) < 4.78 is 23.9. The van der Waals surface area contributed by atoms with Gasteiger partial charge < -0.3 is 14.7 Å². The van der Waals surface area contributed by atoms with Crippen LogP contribution in [0.1, 0.15) is 6.92 Å².